The molecule has 0 bridgehead atoms. The number of hydrogen-bond donors (Lipinski definition) is 1. The third kappa shape index (κ3) is 6.02. The van der Waals surface area contributed by atoms with E-state index < -0.39 is 11.7 Å². The zero-order valence-electron chi connectivity index (χ0n) is 19.1. The largest absolute Gasteiger partial charge is 0.465 e. The smallest absolute Gasteiger partial charge is 0.407 e. The second-order valence-corrected chi connectivity index (χ2v) is 8.88. The Balaban J connectivity index is 1.65. The number of ether oxygens (including phenoxy) is 2. The van der Waals surface area contributed by atoms with Crippen LogP contribution in [0.2, 0.25) is 0 Å². The van der Waals surface area contributed by atoms with E-state index in [1.54, 1.807) is 0 Å². The van der Waals surface area contributed by atoms with Gasteiger partial charge in [-0.1, -0.05) is 29.3 Å². The average Bonchev–Trinajstić information content (AvgIpc) is 2.70. The molecule has 1 amide bonds. The first kappa shape index (κ1) is 23.2. The van der Waals surface area contributed by atoms with Crippen LogP contribution in [0, 0.1) is 20.8 Å². The van der Waals surface area contributed by atoms with E-state index in [9.17, 15) is 9.90 Å². The van der Waals surface area contributed by atoms with Gasteiger partial charge in [0.25, 0.3) is 0 Å². The number of aryl methyl sites for hydroxylation is 3. The van der Waals surface area contributed by atoms with Gasteiger partial charge >= 0.3 is 6.09 Å². The maximum Gasteiger partial charge on any atom is 0.407 e. The first-order valence-corrected chi connectivity index (χ1v) is 10.8. The van der Waals surface area contributed by atoms with Gasteiger partial charge in [-0.05, 0) is 53.0 Å². The summed E-state index contributed by atoms with van der Waals surface area (Å²) in [5.74, 6) is 0.896. The first-order valence-electron chi connectivity index (χ1n) is 10.8. The molecule has 0 radical (unpaired) electrons. The molecule has 0 unspecified atom stereocenters. The van der Waals surface area contributed by atoms with E-state index in [4.69, 9.17) is 14.5 Å². The van der Waals surface area contributed by atoms with E-state index in [0.29, 0.717) is 25.5 Å². The maximum atomic E-state index is 11.2. The molecule has 0 atom stereocenters. The minimum Gasteiger partial charge on any atom is -0.465 e. The van der Waals surface area contributed by atoms with Gasteiger partial charge in [0.1, 0.15) is 12.6 Å². The number of amides is 1. The van der Waals surface area contributed by atoms with Crippen LogP contribution in [-0.2, 0) is 21.7 Å². The van der Waals surface area contributed by atoms with Crippen molar-refractivity contribution in [2.45, 2.75) is 65.6 Å². The van der Waals surface area contributed by atoms with E-state index in [0.717, 1.165) is 29.7 Å². The van der Waals surface area contributed by atoms with E-state index >= 15 is 0 Å². The number of likely N-dealkylation sites (tertiary alicyclic amines) is 1. The molecule has 7 nitrogen and oxygen atoms in total. The summed E-state index contributed by atoms with van der Waals surface area (Å²) in [7, 11) is 0. The Kier molecular flexibility index (Phi) is 7.28. The van der Waals surface area contributed by atoms with E-state index in [2.05, 4.69) is 37.0 Å². The second kappa shape index (κ2) is 9.75. The summed E-state index contributed by atoms with van der Waals surface area (Å²) in [6.07, 6.45) is 2.47. The lowest BCUT2D eigenvalue weighted by Crippen LogP contribution is -2.37. The topological polar surface area (TPSA) is 84.8 Å². The minimum atomic E-state index is -0.859. The average molecular weight is 428 g/mol. The van der Waals surface area contributed by atoms with Crippen molar-refractivity contribution in [2.75, 3.05) is 19.9 Å². The van der Waals surface area contributed by atoms with Crippen LogP contribution in [0.25, 0.3) is 0 Å². The lowest BCUT2D eigenvalue weighted by atomic mass is 9.86. The van der Waals surface area contributed by atoms with Gasteiger partial charge in [-0.3, -0.25) is 0 Å². The molecular weight excluding hydrogens is 394 g/mol. The number of aromatic nitrogens is 2. The third-order valence-corrected chi connectivity index (χ3v) is 5.79. The molecule has 3 rings (SSSR count). The monoisotopic (exact) mass is 427 g/mol. The van der Waals surface area contributed by atoms with Crippen molar-refractivity contribution in [3.05, 3.63) is 58.2 Å². The molecule has 1 saturated heterocycles. The predicted molar refractivity (Wildman–Crippen MR) is 118 cm³/mol. The molecule has 0 saturated carbocycles. The molecule has 1 aliphatic heterocycles. The van der Waals surface area contributed by atoms with Crippen molar-refractivity contribution in [1.82, 2.24) is 14.9 Å². The van der Waals surface area contributed by atoms with Gasteiger partial charge in [0, 0.05) is 30.8 Å². The molecule has 2 heterocycles. The van der Waals surface area contributed by atoms with Gasteiger partial charge < -0.3 is 19.5 Å². The highest BCUT2D eigenvalue weighted by molar-refractivity contribution is 5.65. The van der Waals surface area contributed by atoms with Gasteiger partial charge in [-0.25, -0.2) is 14.8 Å². The number of benzene rings is 1. The highest BCUT2D eigenvalue weighted by Gasteiger charge is 2.32. The number of hydrogen-bond acceptors (Lipinski definition) is 5. The number of nitrogens with zero attached hydrogens (tertiary/aromatic N) is 3. The third-order valence-electron chi connectivity index (χ3n) is 5.79. The Morgan fingerprint density at radius 1 is 1.16 bits per heavy atom. The zero-order chi connectivity index (χ0) is 22.6. The Morgan fingerprint density at radius 3 is 2.42 bits per heavy atom. The summed E-state index contributed by atoms with van der Waals surface area (Å²) in [5, 5.41) is 9.22. The minimum absolute atomic E-state index is 0.158. The summed E-state index contributed by atoms with van der Waals surface area (Å²) in [5.41, 5.74) is 4.82. The van der Waals surface area contributed by atoms with Crippen molar-refractivity contribution < 1.29 is 19.4 Å². The summed E-state index contributed by atoms with van der Waals surface area (Å²) in [6.45, 7) is 11.7. The van der Waals surface area contributed by atoms with Gasteiger partial charge in [0.15, 0.2) is 0 Å². The summed E-state index contributed by atoms with van der Waals surface area (Å²) in [4.78, 5) is 21.8. The molecule has 168 valence electrons. The number of rotatable bonds is 7. The fraction of sp³-hybridized carbons (Fsp3) is 0.542. The normalized spacial score (nSPS) is 15.3. The molecule has 0 spiro atoms. The van der Waals surface area contributed by atoms with Crippen LogP contribution in [0.15, 0.2) is 24.4 Å². The van der Waals surface area contributed by atoms with Gasteiger partial charge in [0.05, 0.1) is 17.9 Å². The Labute approximate surface area is 184 Å². The molecule has 0 aliphatic carbocycles. The van der Waals surface area contributed by atoms with E-state index in [-0.39, 0.29) is 12.7 Å². The van der Waals surface area contributed by atoms with Crippen LogP contribution in [0.3, 0.4) is 0 Å². The van der Waals surface area contributed by atoms with Crippen molar-refractivity contribution in [3.8, 4) is 0 Å². The fourth-order valence-corrected chi connectivity index (χ4v) is 4.19. The highest BCUT2D eigenvalue weighted by atomic mass is 16.7. The Morgan fingerprint density at radius 2 is 1.81 bits per heavy atom. The Hall–Kier alpha value is -2.51. The van der Waals surface area contributed by atoms with E-state index in [1.807, 2.05) is 27.0 Å². The van der Waals surface area contributed by atoms with Crippen LogP contribution in [0.1, 0.15) is 66.4 Å². The van der Waals surface area contributed by atoms with Crippen molar-refractivity contribution in [2.24, 2.45) is 0 Å². The van der Waals surface area contributed by atoms with Crippen LogP contribution < -0.4 is 0 Å². The molecule has 2 aromatic rings. The summed E-state index contributed by atoms with van der Waals surface area (Å²) < 4.78 is 11.9. The maximum absolute atomic E-state index is 11.2. The lowest BCUT2D eigenvalue weighted by molar-refractivity contribution is -0.137. The molecule has 1 aliphatic rings. The molecule has 1 N–H and O–H groups in total. The van der Waals surface area contributed by atoms with E-state index in [1.165, 1.54) is 16.0 Å². The first-order chi connectivity index (χ1) is 14.7. The summed E-state index contributed by atoms with van der Waals surface area (Å²) >= 11 is 0. The van der Waals surface area contributed by atoms with Crippen LogP contribution in [0.4, 0.5) is 4.79 Å². The Bertz CT molecular complexity index is 901. The number of carbonyl (C=O) groups is 1. The molecule has 31 heavy (non-hydrogen) atoms. The summed E-state index contributed by atoms with van der Waals surface area (Å²) in [6, 6.07) is 6.38. The van der Waals surface area contributed by atoms with Crippen LogP contribution in [0.5, 0.6) is 0 Å². The fourth-order valence-electron chi connectivity index (χ4n) is 4.19. The molecule has 1 fully saturated rings. The van der Waals surface area contributed by atoms with Gasteiger partial charge in [-0.15, -0.1) is 0 Å². The van der Waals surface area contributed by atoms with Gasteiger partial charge in [-0.2, -0.15) is 0 Å². The number of carboxylic acid groups (broad SMARTS) is 1. The SMILES string of the molecule is Cc1cc(C)cc(COCOC(C)(C)c2cnc(C)nc2C2CCN(C(=O)O)CC2)c1. The van der Waals surface area contributed by atoms with Crippen molar-refractivity contribution in [1.29, 1.82) is 0 Å². The molecular formula is C24H33N3O4. The molecule has 1 aromatic heterocycles. The van der Waals surface area contributed by atoms with Crippen LogP contribution in [-0.4, -0.2) is 46.0 Å². The van der Waals surface area contributed by atoms with Crippen molar-refractivity contribution in [3.63, 3.8) is 0 Å². The number of piperidine rings is 1. The standard InChI is InChI=1S/C24H33N3O4/c1-16-10-17(2)12-19(11-16)14-30-15-31-24(4,5)21-13-25-18(3)26-22(21)20-6-8-27(9-7-20)23(28)29/h10-13,20H,6-9,14-15H2,1-5H3,(H,28,29). The quantitative estimate of drug-likeness (QED) is 0.510. The second-order valence-electron chi connectivity index (χ2n) is 8.88. The lowest BCUT2D eigenvalue weighted by Gasteiger charge is -2.33. The molecule has 1 aromatic carbocycles. The highest BCUT2D eigenvalue weighted by Crippen LogP contribution is 2.35. The van der Waals surface area contributed by atoms with Crippen molar-refractivity contribution >= 4 is 6.09 Å². The zero-order valence-corrected chi connectivity index (χ0v) is 19.1. The molecule has 7 heteroatoms. The van der Waals surface area contributed by atoms with Crippen LogP contribution >= 0.6 is 0 Å². The predicted octanol–water partition coefficient (Wildman–Crippen LogP) is 4.69. The van der Waals surface area contributed by atoms with Gasteiger partial charge in [0.2, 0.25) is 0 Å².